The van der Waals surface area contributed by atoms with Gasteiger partial charge in [0.2, 0.25) is 5.89 Å². The van der Waals surface area contributed by atoms with Crippen LogP contribution in [0.15, 0.2) is 71.1 Å². The highest BCUT2D eigenvalue weighted by atomic mass is 16.5. The van der Waals surface area contributed by atoms with Crippen LogP contribution in [0.4, 0.5) is 5.69 Å². The van der Waals surface area contributed by atoms with Gasteiger partial charge >= 0.3 is 0 Å². The fraction of sp³-hybridized carbons (Fsp3) is 0.286. The molecule has 5 nitrogen and oxygen atoms in total. The number of ether oxygens (including phenoxy) is 1. The predicted octanol–water partition coefficient (Wildman–Crippen LogP) is 6.93. The number of anilines is 1. The first-order valence-corrected chi connectivity index (χ1v) is 11.2. The molecule has 1 heterocycles. The van der Waals surface area contributed by atoms with Crippen molar-refractivity contribution in [3.05, 3.63) is 77.9 Å². The smallest absolute Gasteiger partial charge is 0.262 e. The largest absolute Gasteiger partial charge is 0.484 e. The normalized spacial score (nSPS) is 11.7. The molecule has 0 saturated heterocycles. The van der Waals surface area contributed by atoms with Gasteiger partial charge in [-0.05, 0) is 64.9 Å². The predicted molar refractivity (Wildman–Crippen MR) is 133 cm³/mol. The molecule has 33 heavy (non-hydrogen) atoms. The minimum Gasteiger partial charge on any atom is -0.484 e. The molecular formula is C28H30N2O3. The molecule has 4 aromatic rings. The molecular weight excluding hydrogens is 412 g/mol. The van der Waals surface area contributed by atoms with Crippen molar-refractivity contribution in [3.8, 4) is 17.2 Å². The van der Waals surface area contributed by atoms with Crippen LogP contribution in [-0.2, 0) is 10.2 Å². The second-order valence-corrected chi connectivity index (χ2v) is 9.59. The van der Waals surface area contributed by atoms with Gasteiger partial charge in [0.25, 0.3) is 5.91 Å². The van der Waals surface area contributed by atoms with Crippen molar-refractivity contribution in [2.75, 3.05) is 11.9 Å². The first-order chi connectivity index (χ1) is 15.7. The van der Waals surface area contributed by atoms with E-state index in [0.717, 1.165) is 5.56 Å². The van der Waals surface area contributed by atoms with Crippen LogP contribution in [0.1, 0.15) is 51.7 Å². The molecule has 1 aromatic heterocycles. The van der Waals surface area contributed by atoms with E-state index in [1.54, 1.807) is 12.1 Å². The lowest BCUT2D eigenvalue weighted by molar-refractivity contribution is -0.118. The molecule has 170 valence electrons. The Morgan fingerprint density at radius 1 is 1.00 bits per heavy atom. The summed E-state index contributed by atoms with van der Waals surface area (Å²) in [6.45, 7) is 10.7. The van der Waals surface area contributed by atoms with E-state index in [2.05, 4.69) is 57.1 Å². The molecule has 3 aromatic carbocycles. The Morgan fingerprint density at radius 2 is 1.70 bits per heavy atom. The molecule has 0 bridgehead atoms. The van der Waals surface area contributed by atoms with Crippen molar-refractivity contribution in [1.82, 2.24) is 4.98 Å². The molecule has 0 atom stereocenters. The lowest BCUT2D eigenvalue weighted by Gasteiger charge is -2.19. The second kappa shape index (κ2) is 9.10. The minimum absolute atomic E-state index is 0.0703. The van der Waals surface area contributed by atoms with Gasteiger partial charge in [0.15, 0.2) is 12.2 Å². The molecule has 1 amide bonds. The van der Waals surface area contributed by atoms with E-state index in [4.69, 9.17) is 9.15 Å². The van der Waals surface area contributed by atoms with Crippen LogP contribution in [0.3, 0.4) is 0 Å². The molecule has 1 N–H and O–H groups in total. The molecule has 4 rings (SSSR count). The summed E-state index contributed by atoms with van der Waals surface area (Å²) in [6.07, 6.45) is 0. The van der Waals surface area contributed by atoms with E-state index in [-0.39, 0.29) is 17.9 Å². The van der Waals surface area contributed by atoms with Gasteiger partial charge in [-0.3, -0.25) is 4.79 Å². The lowest BCUT2D eigenvalue weighted by Crippen LogP contribution is -2.20. The Labute approximate surface area is 194 Å². The number of fused-ring (bicyclic) bond motifs is 1. The van der Waals surface area contributed by atoms with Gasteiger partial charge in [-0.1, -0.05) is 58.9 Å². The Bertz CT molecular complexity index is 1250. The molecule has 0 aliphatic heterocycles. The van der Waals surface area contributed by atoms with Crippen LogP contribution < -0.4 is 10.1 Å². The molecule has 0 unspecified atom stereocenters. The Kier molecular flexibility index (Phi) is 6.23. The maximum atomic E-state index is 12.4. The fourth-order valence-corrected chi connectivity index (χ4v) is 3.54. The number of nitrogens with zero attached hydrogens (tertiary/aromatic N) is 1. The zero-order valence-electron chi connectivity index (χ0n) is 19.8. The van der Waals surface area contributed by atoms with Crippen LogP contribution >= 0.6 is 0 Å². The van der Waals surface area contributed by atoms with Gasteiger partial charge in [-0.2, -0.15) is 0 Å². The van der Waals surface area contributed by atoms with E-state index >= 15 is 0 Å². The van der Waals surface area contributed by atoms with E-state index in [9.17, 15) is 4.79 Å². The topological polar surface area (TPSA) is 64.4 Å². The van der Waals surface area contributed by atoms with Gasteiger partial charge in [-0.25, -0.2) is 4.98 Å². The number of carbonyl (C=O) groups is 1. The van der Waals surface area contributed by atoms with Gasteiger partial charge in [0, 0.05) is 11.3 Å². The molecule has 0 radical (unpaired) electrons. The van der Waals surface area contributed by atoms with E-state index in [0.29, 0.717) is 34.3 Å². The quantitative estimate of drug-likeness (QED) is 0.351. The SMILES string of the molecule is CC(C)c1ccc(-c2nc3cc(NC(=O)COc4ccc(C(C)(C)C)cc4)ccc3o2)cc1. The monoisotopic (exact) mass is 442 g/mol. The lowest BCUT2D eigenvalue weighted by atomic mass is 9.87. The van der Waals surface area contributed by atoms with Gasteiger partial charge in [0.05, 0.1) is 0 Å². The summed E-state index contributed by atoms with van der Waals surface area (Å²) in [5.41, 5.74) is 5.50. The average molecular weight is 443 g/mol. The zero-order chi connectivity index (χ0) is 23.6. The number of hydrogen-bond acceptors (Lipinski definition) is 4. The van der Waals surface area contributed by atoms with E-state index in [1.807, 2.05) is 42.5 Å². The Balaban J connectivity index is 1.40. The summed E-state index contributed by atoms with van der Waals surface area (Å²) < 4.78 is 11.5. The summed E-state index contributed by atoms with van der Waals surface area (Å²) >= 11 is 0. The average Bonchev–Trinajstić information content (AvgIpc) is 3.21. The van der Waals surface area contributed by atoms with E-state index < -0.39 is 0 Å². The highest BCUT2D eigenvalue weighted by Crippen LogP contribution is 2.28. The van der Waals surface area contributed by atoms with E-state index in [1.165, 1.54) is 11.1 Å². The summed E-state index contributed by atoms with van der Waals surface area (Å²) in [5, 5.41) is 2.86. The van der Waals surface area contributed by atoms with Crippen molar-refractivity contribution in [3.63, 3.8) is 0 Å². The highest BCUT2D eigenvalue weighted by Gasteiger charge is 2.14. The van der Waals surface area contributed by atoms with Crippen molar-refractivity contribution in [2.24, 2.45) is 0 Å². The number of aromatic nitrogens is 1. The van der Waals surface area contributed by atoms with Gasteiger partial charge in [0.1, 0.15) is 11.3 Å². The first kappa shape index (κ1) is 22.6. The molecule has 0 aliphatic rings. The second-order valence-electron chi connectivity index (χ2n) is 9.59. The number of amides is 1. The standard InChI is InChI=1S/C28H30N2O3/c1-18(2)19-6-8-20(9-7-19)27-30-24-16-22(12-15-25(24)33-27)29-26(31)17-32-23-13-10-21(11-14-23)28(3,4)5/h6-16,18H,17H2,1-5H3,(H,29,31). The summed E-state index contributed by atoms with van der Waals surface area (Å²) in [5.74, 6) is 1.46. The van der Waals surface area contributed by atoms with Crippen LogP contribution in [0.25, 0.3) is 22.6 Å². The number of benzene rings is 3. The van der Waals surface area contributed by atoms with Crippen LogP contribution in [0.2, 0.25) is 0 Å². The summed E-state index contributed by atoms with van der Waals surface area (Å²) in [4.78, 5) is 17.0. The number of rotatable bonds is 6. The molecule has 0 aliphatic carbocycles. The maximum Gasteiger partial charge on any atom is 0.262 e. The molecule has 0 spiro atoms. The number of carbonyl (C=O) groups excluding carboxylic acids is 1. The number of nitrogens with one attached hydrogen (secondary N) is 1. The third-order valence-electron chi connectivity index (χ3n) is 5.59. The third kappa shape index (κ3) is 5.43. The zero-order valence-corrected chi connectivity index (χ0v) is 19.8. The summed E-state index contributed by atoms with van der Waals surface area (Å²) in [7, 11) is 0. The number of hydrogen-bond donors (Lipinski definition) is 1. The highest BCUT2D eigenvalue weighted by molar-refractivity contribution is 5.94. The van der Waals surface area contributed by atoms with Gasteiger partial charge in [-0.15, -0.1) is 0 Å². The maximum absolute atomic E-state index is 12.4. The fourth-order valence-electron chi connectivity index (χ4n) is 3.54. The summed E-state index contributed by atoms with van der Waals surface area (Å²) in [6, 6.07) is 21.5. The number of oxazole rings is 1. The van der Waals surface area contributed by atoms with Crippen LogP contribution in [0, 0.1) is 0 Å². The molecule has 5 heteroatoms. The van der Waals surface area contributed by atoms with Gasteiger partial charge < -0.3 is 14.5 Å². The van der Waals surface area contributed by atoms with Crippen molar-refractivity contribution < 1.29 is 13.9 Å². The Morgan fingerprint density at radius 3 is 2.33 bits per heavy atom. The van der Waals surface area contributed by atoms with Crippen molar-refractivity contribution >= 4 is 22.7 Å². The van der Waals surface area contributed by atoms with Crippen molar-refractivity contribution in [1.29, 1.82) is 0 Å². The van der Waals surface area contributed by atoms with Crippen molar-refractivity contribution in [2.45, 2.75) is 46.0 Å². The van der Waals surface area contributed by atoms with Crippen LogP contribution in [0.5, 0.6) is 5.75 Å². The molecule has 0 saturated carbocycles. The third-order valence-corrected chi connectivity index (χ3v) is 5.59. The Hall–Kier alpha value is -3.60. The van der Waals surface area contributed by atoms with Crippen LogP contribution in [-0.4, -0.2) is 17.5 Å². The molecule has 0 fully saturated rings. The first-order valence-electron chi connectivity index (χ1n) is 11.2. The minimum atomic E-state index is -0.234.